The summed E-state index contributed by atoms with van der Waals surface area (Å²) in [7, 11) is 3.20. The third kappa shape index (κ3) is 19.9. The van der Waals surface area contributed by atoms with E-state index in [0.717, 1.165) is 223 Å². The zero-order valence-corrected chi connectivity index (χ0v) is 52.9. The number of carboxylic acid groups (broad SMARTS) is 1. The number of aliphatic carboxylic acids is 1. The molecule has 0 bridgehead atoms. The molecule has 3 saturated carbocycles. The minimum atomic E-state index is -0.698. The summed E-state index contributed by atoms with van der Waals surface area (Å²) in [5.41, 5.74) is 10.4. The van der Waals surface area contributed by atoms with Gasteiger partial charge in [-0.1, -0.05) is 0 Å². The van der Waals surface area contributed by atoms with Crippen molar-refractivity contribution < 1.29 is 81.7 Å². The molecule has 7 fully saturated rings. The third-order valence-corrected chi connectivity index (χ3v) is 17.2. The normalized spacial score (nSPS) is 22.3. The number of fused-ring (bicyclic) bond motifs is 3. The molecule has 0 atom stereocenters. The number of aromatic nitrogens is 6. The van der Waals surface area contributed by atoms with Gasteiger partial charge < -0.3 is 74.2 Å². The van der Waals surface area contributed by atoms with E-state index >= 15 is 0 Å². The Morgan fingerprint density at radius 1 is 0.511 bits per heavy atom. The fraction of sp³-hybridized carbons (Fsp3) is 0.585. The van der Waals surface area contributed by atoms with Crippen molar-refractivity contribution in [3.63, 3.8) is 0 Å². The van der Waals surface area contributed by atoms with Crippen molar-refractivity contribution in [2.75, 3.05) is 128 Å². The number of nitrogens with one attached hydrogen (secondary N) is 1. The van der Waals surface area contributed by atoms with Crippen LogP contribution in [-0.2, 0) is 38.1 Å². The van der Waals surface area contributed by atoms with E-state index in [0.29, 0.717) is 19.4 Å². The van der Waals surface area contributed by atoms with Crippen LogP contribution in [-0.4, -0.2) is 189 Å². The number of nitrogens with two attached hydrogens (primary N) is 1. The number of esters is 1. The first-order valence-electron chi connectivity index (χ1n) is 31.7. The SMILES string of the molecule is C1CCOC1.CCOC(=O)C1CCC(Oc2cc(N3CCOCC3)cc3ncncc23)CC1.CN.CNC(=O)C1CCC(Oc2cc(N3CCOCC3)cc3ncncc23)CC1.O=C(O)C1CCC(Oc2cc(N3CCOCC3)cc3ncncc23)CC1.[Li+].[OH-]. The van der Waals surface area contributed by atoms with Crippen LogP contribution in [0, 0.1) is 17.8 Å². The van der Waals surface area contributed by atoms with Crippen LogP contribution in [0.5, 0.6) is 17.2 Å². The van der Waals surface area contributed by atoms with Gasteiger partial charge in [0.05, 0.1) is 109 Å². The molecule has 1 amide bonds. The molecular formula is C65H90LiN11O13. The Kier molecular flexibility index (Phi) is 29.0. The molecule has 0 unspecified atom stereocenters. The summed E-state index contributed by atoms with van der Waals surface area (Å²) in [4.78, 5) is 67.6. The standard InChI is InChI=1S/C21H27N3O4.C20H26N4O3.C19H23N3O4.C4H8O.CH5N.Li.H2O/c1-2-27-21(25)15-3-5-17(6-4-15)28-20-12-16(24-7-9-26-10-8-24)11-19-18(20)13-22-14-23-19;1-21-20(25)14-2-4-16(5-3-14)27-19-11-15(24-6-8-26-9-7-24)10-18-17(19)12-22-13-23-18;23-19(24)13-1-3-15(4-2-13)26-18-10-14(22-5-7-25-8-6-22)9-17-16(18)11-20-12-21-17;1-2-4-5-3-1;1-2;;/h11-15,17H,2-10H2,1H3;10-14,16H,2-9H2,1H3,(H,21,25);9-13,15H,1-8H2,(H,23,24);1-4H2;2H2,1H3;;1H2/q;;;;;+1;/p-1. The molecule has 4 aliphatic heterocycles. The molecule has 5 N–H and O–H groups in total. The summed E-state index contributed by atoms with van der Waals surface area (Å²) in [6, 6.07) is 12.5. The maximum atomic E-state index is 12.0. The number of carbonyl (C=O) groups is 3. The second-order valence-corrected chi connectivity index (χ2v) is 22.8. The molecule has 3 aliphatic carbocycles. The molecule has 13 rings (SSSR count). The van der Waals surface area contributed by atoms with Crippen molar-refractivity contribution >= 4 is 67.6 Å². The van der Waals surface area contributed by atoms with Crippen LogP contribution in [0.3, 0.4) is 0 Å². The maximum Gasteiger partial charge on any atom is 1.00 e. The molecule has 25 heteroatoms. The Hall–Kier alpha value is -6.75. The third-order valence-electron chi connectivity index (χ3n) is 17.2. The van der Waals surface area contributed by atoms with Gasteiger partial charge in [0.1, 0.15) is 36.2 Å². The van der Waals surface area contributed by atoms with Crippen LogP contribution in [0.25, 0.3) is 32.7 Å². The average molecular weight is 1240 g/mol. The van der Waals surface area contributed by atoms with E-state index in [1.54, 1.807) is 32.2 Å². The molecule has 4 saturated heterocycles. The molecule has 0 radical (unpaired) electrons. The van der Waals surface area contributed by atoms with Crippen molar-refractivity contribution in [1.82, 2.24) is 35.2 Å². The Balaban J connectivity index is 0.000000180. The molecule has 3 aromatic heterocycles. The summed E-state index contributed by atoms with van der Waals surface area (Å²) >= 11 is 0. The van der Waals surface area contributed by atoms with Gasteiger partial charge in [0, 0.05) is 119 Å². The van der Waals surface area contributed by atoms with Crippen molar-refractivity contribution in [1.29, 1.82) is 0 Å². The van der Waals surface area contributed by atoms with E-state index in [-0.39, 0.29) is 72.3 Å². The molecular weight excluding hydrogens is 1150 g/mol. The summed E-state index contributed by atoms with van der Waals surface area (Å²) < 4.78 is 45.6. The average Bonchev–Trinajstić information content (AvgIpc) is 1.98. The van der Waals surface area contributed by atoms with E-state index < -0.39 is 5.97 Å². The second-order valence-electron chi connectivity index (χ2n) is 22.8. The molecule has 7 aliphatic rings. The first-order valence-corrected chi connectivity index (χ1v) is 31.7. The van der Waals surface area contributed by atoms with E-state index in [4.69, 9.17) is 43.0 Å². The number of nitrogens with zero attached hydrogens (tertiary/aromatic N) is 9. The summed E-state index contributed by atoms with van der Waals surface area (Å²) in [6.45, 7) is 13.8. The predicted molar refractivity (Wildman–Crippen MR) is 337 cm³/mol. The molecule has 90 heavy (non-hydrogen) atoms. The number of hydrogen-bond acceptors (Lipinski definition) is 22. The largest absolute Gasteiger partial charge is 1.00 e. The van der Waals surface area contributed by atoms with Crippen LogP contribution in [0.4, 0.5) is 17.1 Å². The Morgan fingerprint density at radius 2 is 0.833 bits per heavy atom. The molecule has 0 spiro atoms. The van der Waals surface area contributed by atoms with Crippen LogP contribution >= 0.6 is 0 Å². The summed E-state index contributed by atoms with van der Waals surface area (Å²) in [6.07, 6.45) is 22.5. The Labute approximate surface area is 539 Å². The van der Waals surface area contributed by atoms with Crippen molar-refractivity contribution in [3.8, 4) is 17.2 Å². The second kappa shape index (κ2) is 36.9. The van der Waals surface area contributed by atoms with E-state index in [2.05, 4.69) is 92.1 Å². The fourth-order valence-corrected chi connectivity index (χ4v) is 12.2. The number of benzene rings is 3. The van der Waals surface area contributed by atoms with E-state index in [1.807, 2.05) is 19.3 Å². The number of carboxylic acids is 1. The smallest absolute Gasteiger partial charge is 0.870 e. The van der Waals surface area contributed by atoms with Crippen molar-refractivity contribution in [2.24, 2.45) is 23.5 Å². The molecule has 24 nitrogen and oxygen atoms in total. The van der Waals surface area contributed by atoms with Gasteiger partial charge in [-0.25, -0.2) is 29.9 Å². The van der Waals surface area contributed by atoms with Gasteiger partial charge in [-0.3, -0.25) is 14.4 Å². The number of morpholine rings is 3. The number of anilines is 3. The number of rotatable bonds is 13. The van der Waals surface area contributed by atoms with E-state index in [9.17, 15) is 14.4 Å². The van der Waals surface area contributed by atoms with Gasteiger partial charge in [0.2, 0.25) is 5.91 Å². The number of amides is 1. The molecule has 3 aromatic carbocycles. The van der Waals surface area contributed by atoms with Crippen LogP contribution in [0.2, 0.25) is 0 Å². The minimum Gasteiger partial charge on any atom is -0.870 e. The van der Waals surface area contributed by atoms with Crippen molar-refractivity contribution in [3.05, 3.63) is 74.0 Å². The zero-order valence-electron chi connectivity index (χ0n) is 52.9. The topological polar surface area (TPSA) is 300 Å². The van der Waals surface area contributed by atoms with E-state index in [1.165, 1.54) is 19.9 Å². The van der Waals surface area contributed by atoms with Crippen molar-refractivity contribution in [2.45, 2.75) is 115 Å². The maximum absolute atomic E-state index is 12.0. The van der Waals surface area contributed by atoms with Gasteiger partial charge in [0.15, 0.2) is 0 Å². The summed E-state index contributed by atoms with van der Waals surface area (Å²) in [5, 5.41) is 14.7. The van der Waals surface area contributed by atoms with Crippen LogP contribution < -0.4 is 58.8 Å². The number of carbonyl (C=O) groups excluding carboxylic acids is 2. The van der Waals surface area contributed by atoms with Gasteiger partial charge >= 0.3 is 30.8 Å². The van der Waals surface area contributed by atoms with Gasteiger partial charge in [-0.05, 0) is 122 Å². The van der Waals surface area contributed by atoms with Crippen LogP contribution in [0.1, 0.15) is 96.8 Å². The minimum absolute atomic E-state index is 0. The quantitative estimate of drug-likeness (QED) is 0.103. The van der Waals surface area contributed by atoms with Crippen LogP contribution in [0.15, 0.2) is 74.0 Å². The Morgan fingerprint density at radius 3 is 1.13 bits per heavy atom. The monoisotopic (exact) mass is 1240 g/mol. The predicted octanol–water partition coefficient (Wildman–Crippen LogP) is 4.80. The van der Waals surface area contributed by atoms with Gasteiger partial charge in [0.25, 0.3) is 0 Å². The van der Waals surface area contributed by atoms with Gasteiger partial charge in [-0.2, -0.15) is 0 Å². The Bertz CT molecular complexity index is 3140. The molecule has 6 aromatic rings. The van der Waals surface area contributed by atoms with Gasteiger partial charge in [-0.15, -0.1) is 0 Å². The summed E-state index contributed by atoms with van der Waals surface area (Å²) in [5.74, 6) is 1.66. The first kappa shape index (κ1) is 70.7. The fourth-order valence-electron chi connectivity index (χ4n) is 12.2. The molecule has 7 heterocycles. The zero-order chi connectivity index (χ0) is 61.5. The number of ether oxygens (including phenoxy) is 8. The molecule has 484 valence electrons. The first-order chi connectivity index (χ1) is 43.2. The number of hydrogen-bond donors (Lipinski definition) is 3.